The quantitative estimate of drug-likeness (QED) is 0.691. The molecule has 2 aliphatic rings. The second-order valence-electron chi connectivity index (χ2n) is 5.90. The molecular formula is C18H16N2O2. The van der Waals surface area contributed by atoms with Crippen LogP contribution in [0.2, 0.25) is 0 Å². The summed E-state index contributed by atoms with van der Waals surface area (Å²) < 4.78 is 14.8. The van der Waals surface area contributed by atoms with Crippen molar-refractivity contribution < 1.29 is 9.47 Å². The van der Waals surface area contributed by atoms with Gasteiger partial charge in [-0.3, -0.25) is 0 Å². The molecule has 1 aromatic heterocycles. The van der Waals surface area contributed by atoms with Crippen LogP contribution in [0.5, 0.6) is 0 Å². The molecule has 22 heavy (non-hydrogen) atoms. The van der Waals surface area contributed by atoms with Gasteiger partial charge in [-0.1, -0.05) is 42.5 Å². The van der Waals surface area contributed by atoms with Crippen LogP contribution in [-0.2, 0) is 21.8 Å². The molecular weight excluding hydrogens is 276 g/mol. The van der Waals surface area contributed by atoms with Crippen LogP contribution in [-0.4, -0.2) is 22.3 Å². The monoisotopic (exact) mass is 292 g/mol. The highest BCUT2D eigenvalue weighted by molar-refractivity contribution is 5.76. The molecule has 0 spiro atoms. The molecule has 2 atom stereocenters. The Balaban J connectivity index is 1.82. The number of fused-ring (bicyclic) bond motifs is 6. The van der Waals surface area contributed by atoms with E-state index in [1.807, 2.05) is 30.3 Å². The van der Waals surface area contributed by atoms with E-state index in [0.29, 0.717) is 6.61 Å². The van der Waals surface area contributed by atoms with E-state index in [2.05, 4.69) is 28.8 Å². The first-order chi connectivity index (χ1) is 10.9. The number of aryl methyl sites for hydroxylation is 1. The molecule has 110 valence electrons. The largest absolute Gasteiger partial charge is 0.337 e. The summed E-state index contributed by atoms with van der Waals surface area (Å²) in [6.07, 6.45) is 1.07. The zero-order chi connectivity index (χ0) is 14.6. The summed E-state index contributed by atoms with van der Waals surface area (Å²) in [5.41, 5.74) is 3.15. The highest BCUT2D eigenvalue weighted by Gasteiger charge is 2.50. The second-order valence-corrected chi connectivity index (χ2v) is 5.90. The zero-order valence-corrected chi connectivity index (χ0v) is 12.1. The van der Waals surface area contributed by atoms with Gasteiger partial charge in [-0.05, 0) is 18.6 Å². The molecule has 0 N–H and O–H groups in total. The van der Waals surface area contributed by atoms with Gasteiger partial charge in [-0.15, -0.1) is 0 Å². The van der Waals surface area contributed by atoms with Gasteiger partial charge in [0.2, 0.25) is 0 Å². The average Bonchev–Trinajstić information content (AvgIpc) is 3.11. The van der Waals surface area contributed by atoms with Gasteiger partial charge >= 0.3 is 0 Å². The van der Waals surface area contributed by atoms with Crippen molar-refractivity contribution in [3.8, 4) is 0 Å². The van der Waals surface area contributed by atoms with Gasteiger partial charge in [0.25, 0.3) is 5.79 Å². The molecule has 5 rings (SSSR count). The molecule has 3 heterocycles. The van der Waals surface area contributed by atoms with Crippen LogP contribution in [0, 0.1) is 0 Å². The number of hydrogen-bond acceptors (Lipinski definition) is 3. The molecule has 0 unspecified atom stereocenters. The highest BCUT2D eigenvalue weighted by atomic mass is 16.7. The molecule has 1 fully saturated rings. The number of imidazole rings is 1. The van der Waals surface area contributed by atoms with E-state index in [4.69, 9.17) is 14.5 Å². The molecule has 3 aromatic rings. The summed E-state index contributed by atoms with van der Waals surface area (Å²) in [7, 11) is 0. The van der Waals surface area contributed by atoms with Crippen molar-refractivity contribution in [2.75, 3.05) is 6.61 Å². The van der Waals surface area contributed by atoms with E-state index in [-0.39, 0.29) is 6.10 Å². The van der Waals surface area contributed by atoms with Crippen LogP contribution in [0.4, 0.5) is 0 Å². The maximum Gasteiger partial charge on any atom is 0.256 e. The molecule has 2 aliphatic heterocycles. The van der Waals surface area contributed by atoms with Crippen molar-refractivity contribution in [3.05, 3.63) is 66.0 Å². The van der Waals surface area contributed by atoms with Crippen LogP contribution in [0.1, 0.15) is 17.8 Å². The van der Waals surface area contributed by atoms with Crippen molar-refractivity contribution in [1.82, 2.24) is 9.55 Å². The van der Waals surface area contributed by atoms with Crippen LogP contribution in [0.3, 0.4) is 0 Å². The van der Waals surface area contributed by atoms with Crippen molar-refractivity contribution in [1.29, 1.82) is 0 Å². The minimum atomic E-state index is -0.874. The zero-order valence-electron chi connectivity index (χ0n) is 12.1. The Kier molecular flexibility index (Phi) is 2.48. The first-order valence-electron chi connectivity index (χ1n) is 7.70. The minimum Gasteiger partial charge on any atom is -0.337 e. The third kappa shape index (κ3) is 1.56. The predicted octanol–water partition coefficient (Wildman–Crippen LogP) is 3.06. The normalized spacial score (nSPS) is 26.8. The number of ether oxygens (including phenoxy) is 2. The standard InChI is InChI=1S/C18H16N2O2/c1-2-6-13(7-3-1)18-17-19-15-8-4-5-9-16(15)20(17)11-10-14(22-18)12-21-18/h1-9,14H,10-12H2/t14-,18+/m0/s1. The second kappa shape index (κ2) is 4.41. The van der Waals surface area contributed by atoms with Crippen molar-refractivity contribution in [2.45, 2.75) is 24.9 Å². The van der Waals surface area contributed by atoms with Crippen molar-refractivity contribution in [2.24, 2.45) is 0 Å². The summed E-state index contributed by atoms with van der Waals surface area (Å²) in [5, 5.41) is 0. The van der Waals surface area contributed by atoms with E-state index in [1.165, 1.54) is 0 Å². The number of hydrogen-bond donors (Lipinski definition) is 0. The molecule has 0 radical (unpaired) electrons. The third-order valence-corrected chi connectivity index (χ3v) is 4.58. The Morgan fingerprint density at radius 1 is 1.05 bits per heavy atom. The first-order valence-corrected chi connectivity index (χ1v) is 7.70. The fraction of sp³-hybridized carbons (Fsp3) is 0.278. The molecule has 1 saturated heterocycles. The molecule has 2 aromatic carbocycles. The predicted molar refractivity (Wildman–Crippen MR) is 82.4 cm³/mol. The fourth-order valence-electron chi connectivity index (χ4n) is 3.54. The van der Waals surface area contributed by atoms with Gasteiger partial charge in [0, 0.05) is 12.1 Å². The van der Waals surface area contributed by atoms with Crippen molar-refractivity contribution in [3.63, 3.8) is 0 Å². The van der Waals surface area contributed by atoms with E-state index in [1.54, 1.807) is 0 Å². The lowest BCUT2D eigenvalue weighted by atomic mass is 10.1. The van der Waals surface area contributed by atoms with Gasteiger partial charge in [0.1, 0.15) is 0 Å². The van der Waals surface area contributed by atoms with Crippen LogP contribution in [0.15, 0.2) is 54.6 Å². The maximum atomic E-state index is 6.35. The lowest BCUT2D eigenvalue weighted by Crippen LogP contribution is -2.32. The van der Waals surface area contributed by atoms with E-state index in [0.717, 1.165) is 35.4 Å². The number of rotatable bonds is 1. The highest BCUT2D eigenvalue weighted by Crippen LogP contribution is 2.43. The summed E-state index contributed by atoms with van der Waals surface area (Å²) in [5.74, 6) is -0.0125. The molecule has 0 amide bonds. The number of benzene rings is 2. The maximum absolute atomic E-state index is 6.35. The smallest absolute Gasteiger partial charge is 0.256 e. The number of nitrogens with zero attached hydrogens (tertiary/aromatic N) is 2. The molecule has 4 heteroatoms. The van der Waals surface area contributed by atoms with Crippen LogP contribution in [0.25, 0.3) is 11.0 Å². The van der Waals surface area contributed by atoms with Gasteiger partial charge in [-0.2, -0.15) is 0 Å². The third-order valence-electron chi connectivity index (χ3n) is 4.58. The number of aromatic nitrogens is 2. The fourth-order valence-corrected chi connectivity index (χ4v) is 3.54. The first kappa shape index (κ1) is 12.4. The summed E-state index contributed by atoms with van der Waals surface area (Å²) in [6.45, 7) is 1.54. The van der Waals surface area contributed by atoms with Crippen LogP contribution < -0.4 is 0 Å². The van der Waals surface area contributed by atoms with E-state index < -0.39 is 5.79 Å². The Labute approximate surface area is 128 Å². The molecule has 0 saturated carbocycles. The van der Waals surface area contributed by atoms with E-state index >= 15 is 0 Å². The van der Waals surface area contributed by atoms with Crippen molar-refractivity contribution >= 4 is 11.0 Å². The summed E-state index contributed by atoms with van der Waals surface area (Å²) in [6, 6.07) is 18.4. The molecule has 0 aliphatic carbocycles. The SMILES string of the molecule is c1ccc([C@]23OC[C@H](CCn4c2nc2ccccc24)O3)cc1. The number of para-hydroxylation sites is 2. The average molecular weight is 292 g/mol. The Morgan fingerprint density at radius 3 is 2.77 bits per heavy atom. The van der Waals surface area contributed by atoms with Crippen LogP contribution >= 0.6 is 0 Å². The Bertz CT molecular complexity index is 843. The van der Waals surface area contributed by atoms with Gasteiger partial charge in [0.05, 0.1) is 23.7 Å². The Morgan fingerprint density at radius 2 is 1.86 bits per heavy atom. The topological polar surface area (TPSA) is 36.3 Å². The van der Waals surface area contributed by atoms with Gasteiger partial charge in [-0.25, -0.2) is 4.98 Å². The lowest BCUT2D eigenvalue weighted by Gasteiger charge is -2.27. The minimum absolute atomic E-state index is 0.126. The van der Waals surface area contributed by atoms with Gasteiger partial charge < -0.3 is 14.0 Å². The summed E-state index contributed by atoms with van der Waals surface area (Å²) in [4.78, 5) is 4.85. The summed E-state index contributed by atoms with van der Waals surface area (Å²) >= 11 is 0. The lowest BCUT2D eigenvalue weighted by molar-refractivity contribution is -0.146. The van der Waals surface area contributed by atoms with E-state index in [9.17, 15) is 0 Å². The van der Waals surface area contributed by atoms with Gasteiger partial charge in [0.15, 0.2) is 5.82 Å². The molecule has 4 nitrogen and oxygen atoms in total. The molecule has 2 bridgehead atoms. The Hall–Kier alpha value is -2.17.